The number of imidazole rings is 1. The largest absolute Gasteiger partial charge is 0.370 e. The van der Waals surface area contributed by atoms with Gasteiger partial charge in [-0.25, -0.2) is 14.4 Å². The number of hydrogen-bond donors (Lipinski definition) is 3. The molecule has 3 heterocycles. The molecule has 0 unspecified atom stereocenters. The number of aliphatic imine (C=N–C) groups is 1. The third kappa shape index (κ3) is 2.16. The summed E-state index contributed by atoms with van der Waals surface area (Å²) in [5.41, 5.74) is 9.89. The molecule has 5 rings (SSSR count). The van der Waals surface area contributed by atoms with Crippen molar-refractivity contribution in [3.8, 4) is 11.3 Å². The molecule has 0 saturated heterocycles. The number of H-pyrrole nitrogens is 1. The monoisotopic (exact) mass is 347 g/mol. The highest BCUT2D eigenvalue weighted by Gasteiger charge is 2.28. The Morgan fingerprint density at radius 2 is 2.00 bits per heavy atom. The molecule has 0 amide bonds. The van der Waals surface area contributed by atoms with Gasteiger partial charge in [0.25, 0.3) is 0 Å². The number of nitrogens with two attached hydrogens (primary N) is 1. The summed E-state index contributed by atoms with van der Waals surface area (Å²) in [5, 5.41) is 10.1. The Kier molecular flexibility index (Phi) is 3.05. The van der Waals surface area contributed by atoms with Gasteiger partial charge in [-0.15, -0.1) is 0 Å². The molecule has 0 saturated carbocycles. The van der Waals surface area contributed by atoms with Gasteiger partial charge < -0.3 is 5.73 Å². The Hall–Kier alpha value is -3.68. The number of guanidine groups is 1. The number of halogens is 1. The Morgan fingerprint density at radius 3 is 2.88 bits per heavy atom. The van der Waals surface area contributed by atoms with Gasteiger partial charge in [0.2, 0.25) is 5.95 Å². The van der Waals surface area contributed by atoms with Crippen LogP contribution in [0.15, 0.2) is 59.7 Å². The van der Waals surface area contributed by atoms with Gasteiger partial charge in [0, 0.05) is 11.1 Å². The highest BCUT2D eigenvalue weighted by Crippen LogP contribution is 2.36. The van der Waals surface area contributed by atoms with Crippen LogP contribution in [0.4, 0.5) is 10.3 Å². The molecule has 0 bridgehead atoms. The summed E-state index contributed by atoms with van der Waals surface area (Å²) in [4.78, 5) is 9.13. The van der Waals surface area contributed by atoms with E-state index in [1.165, 1.54) is 12.1 Å². The number of nitrogens with zero attached hydrogens (tertiary/aromatic N) is 4. The summed E-state index contributed by atoms with van der Waals surface area (Å²) >= 11 is 0. The first kappa shape index (κ1) is 14.6. The Morgan fingerprint density at radius 1 is 1.12 bits per heavy atom. The molecule has 4 aromatic rings. The average Bonchev–Trinajstić information content (AvgIpc) is 3.25. The van der Waals surface area contributed by atoms with Crippen molar-refractivity contribution in [3.63, 3.8) is 0 Å². The van der Waals surface area contributed by atoms with Gasteiger partial charge in [-0.3, -0.25) is 15.0 Å². The molecule has 0 fully saturated rings. The second-order valence-electron chi connectivity index (χ2n) is 6.02. The van der Waals surface area contributed by atoms with Gasteiger partial charge in [0.15, 0.2) is 12.1 Å². The van der Waals surface area contributed by atoms with Crippen molar-refractivity contribution in [2.24, 2.45) is 10.7 Å². The second-order valence-corrected chi connectivity index (χ2v) is 6.02. The molecule has 1 atom stereocenters. The summed E-state index contributed by atoms with van der Waals surface area (Å²) in [6.07, 6.45) is 1.22. The van der Waals surface area contributed by atoms with Crippen LogP contribution in [0, 0.1) is 5.82 Å². The Bertz CT molecular complexity index is 1160. The van der Waals surface area contributed by atoms with E-state index >= 15 is 0 Å². The molecule has 0 aliphatic carbocycles. The average molecular weight is 347 g/mol. The van der Waals surface area contributed by atoms with Crippen molar-refractivity contribution in [3.05, 3.63) is 66.1 Å². The first-order chi connectivity index (χ1) is 12.7. The van der Waals surface area contributed by atoms with E-state index in [1.54, 1.807) is 12.3 Å². The fourth-order valence-electron chi connectivity index (χ4n) is 3.29. The predicted molar refractivity (Wildman–Crippen MR) is 97.1 cm³/mol. The van der Waals surface area contributed by atoms with Crippen LogP contribution < -0.4 is 11.1 Å². The van der Waals surface area contributed by atoms with Crippen molar-refractivity contribution in [1.82, 2.24) is 19.7 Å². The first-order valence-corrected chi connectivity index (χ1v) is 8.07. The molecular formula is C18H14FN7. The van der Waals surface area contributed by atoms with Crippen LogP contribution in [-0.4, -0.2) is 25.7 Å². The highest BCUT2D eigenvalue weighted by molar-refractivity contribution is 5.94. The summed E-state index contributed by atoms with van der Waals surface area (Å²) < 4.78 is 15.6. The third-order valence-corrected chi connectivity index (χ3v) is 4.40. The van der Waals surface area contributed by atoms with Gasteiger partial charge in [-0.05, 0) is 24.3 Å². The molecule has 26 heavy (non-hydrogen) atoms. The minimum atomic E-state index is -0.462. The van der Waals surface area contributed by atoms with E-state index < -0.39 is 6.17 Å². The van der Waals surface area contributed by atoms with Crippen LogP contribution in [0.25, 0.3) is 22.3 Å². The molecule has 0 radical (unpaired) electrons. The number of rotatable bonds is 2. The molecule has 8 heteroatoms. The summed E-state index contributed by atoms with van der Waals surface area (Å²) in [7, 11) is 0. The van der Waals surface area contributed by atoms with Gasteiger partial charge in [0.1, 0.15) is 5.82 Å². The molecule has 7 nitrogen and oxygen atoms in total. The fraction of sp³-hybridized carbons (Fsp3) is 0.0556. The van der Waals surface area contributed by atoms with Gasteiger partial charge >= 0.3 is 0 Å². The summed E-state index contributed by atoms with van der Waals surface area (Å²) in [5.74, 6) is 0.560. The molecule has 0 spiro atoms. The van der Waals surface area contributed by atoms with Crippen LogP contribution in [0.5, 0.6) is 0 Å². The zero-order valence-electron chi connectivity index (χ0n) is 13.5. The zero-order valence-corrected chi connectivity index (χ0v) is 13.5. The van der Waals surface area contributed by atoms with Crippen LogP contribution >= 0.6 is 0 Å². The maximum atomic E-state index is 13.7. The molecule has 4 N–H and O–H groups in total. The van der Waals surface area contributed by atoms with Crippen molar-refractivity contribution in [1.29, 1.82) is 0 Å². The second kappa shape index (κ2) is 5.41. The minimum absolute atomic E-state index is 0.268. The van der Waals surface area contributed by atoms with Crippen LogP contribution in [0.3, 0.4) is 0 Å². The van der Waals surface area contributed by atoms with E-state index in [9.17, 15) is 4.39 Å². The topological polar surface area (TPSA) is 96.9 Å². The fourth-order valence-corrected chi connectivity index (χ4v) is 3.29. The van der Waals surface area contributed by atoms with E-state index in [1.807, 2.05) is 34.9 Å². The van der Waals surface area contributed by atoms with Crippen molar-refractivity contribution in [2.75, 3.05) is 5.32 Å². The third-order valence-electron chi connectivity index (χ3n) is 4.40. The van der Waals surface area contributed by atoms with Gasteiger partial charge in [-0.2, -0.15) is 5.10 Å². The van der Waals surface area contributed by atoms with Crippen LogP contribution in [0.1, 0.15) is 11.7 Å². The molecular weight excluding hydrogens is 333 g/mol. The predicted octanol–water partition coefficient (Wildman–Crippen LogP) is 2.85. The normalized spacial score (nSPS) is 16.2. The number of hydrogen-bond acceptors (Lipinski definition) is 5. The SMILES string of the molecule is NC1=N[C@H](c2cn[nH]c2-c2cccc(F)c2)n2c(nc3ccccc32)N1. The number of aromatic amines is 1. The number of aromatic nitrogens is 4. The minimum Gasteiger partial charge on any atom is -0.370 e. The number of benzene rings is 2. The van der Waals surface area contributed by atoms with E-state index in [0.717, 1.165) is 16.6 Å². The van der Waals surface area contributed by atoms with E-state index in [2.05, 4.69) is 25.5 Å². The lowest BCUT2D eigenvalue weighted by Gasteiger charge is -2.23. The summed E-state index contributed by atoms with van der Waals surface area (Å²) in [6.45, 7) is 0. The Balaban J connectivity index is 1.73. The van der Waals surface area contributed by atoms with Crippen molar-refractivity contribution in [2.45, 2.75) is 6.17 Å². The number of fused-ring (bicyclic) bond motifs is 3. The maximum Gasteiger partial charge on any atom is 0.212 e. The summed E-state index contributed by atoms with van der Waals surface area (Å²) in [6, 6.07) is 14.1. The van der Waals surface area contributed by atoms with E-state index in [-0.39, 0.29) is 11.8 Å². The highest BCUT2D eigenvalue weighted by atomic mass is 19.1. The molecule has 2 aromatic carbocycles. The molecule has 2 aromatic heterocycles. The smallest absolute Gasteiger partial charge is 0.212 e. The number of para-hydroxylation sites is 2. The van der Waals surface area contributed by atoms with Gasteiger partial charge in [0.05, 0.1) is 22.9 Å². The molecule has 1 aliphatic rings. The standard InChI is InChI=1S/C18H14FN7/c19-11-5-3-4-10(8-11)15-12(9-21-25-15)16-23-17(20)24-18-22-13-6-1-2-7-14(13)26(16)18/h1-9,16H,(H,21,25)(H3,20,22,23,24)/t16-/m0/s1. The van der Waals surface area contributed by atoms with Gasteiger partial charge in [-0.1, -0.05) is 24.3 Å². The number of anilines is 1. The van der Waals surface area contributed by atoms with Crippen LogP contribution in [-0.2, 0) is 0 Å². The van der Waals surface area contributed by atoms with E-state index in [4.69, 9.17) is 5.73 Å². The van der Waals surface area contributed by atoms with Crippen LogP contribution in [0.2, 0.25) is 0 Å². The first-order valence-electron chi connectivity index (χ1n) is 8.07. The lowest BCUT2D eigenvalue weighted by Crippen LogP contribution is -2.31. The van der Waals surface area contributed by atoms with Crippen molar-refractivity contribution < 1.29 is 4.39 Å². The lowest BCUT2D eigenvalue weighted by atomic mass is 10.1. The van der Waals surface area contributed by atoms with E-state index in [0.29, 0.717) is 17.2 Å². The molecule has 128 valence electrons. The van der Waals surface area contributed by atoms with Crippen molar-refractivity contribution >= 4 is 22.9 Å². The molecule has 1 aliphatic heterocycles. The maximum absolute atomic E-state index is 13.7. The quantitative estimate of drug-likeness (QED) is 0.519. The number of nitrogens with one attached hydrogen (secondary N) is 2. The lowest BCUT2D eigenvalue weighted by molar-refractivity contribution is 0.624. The Labute approximate surface area is 147 Å². The zero-order chi connectivity index (χ0) is 17.7.